The fraction of sp³-hybridized carbons (Fsp3) is 0.867. The molecule has 2 aliphatic rings. The molecule has 0 spiro atoms. The molecular formula is C15H25N3O. The molecule has 2 heterocycles. The van der Waals surface area contributed by atoms with E-state index in [2.05, 4.69) is 15.5 Å². The minimum Gasteiger partial charge on any atom is -0.339 e. The summed E-state index contributed by atoms with van der Waals surface area (Å²) in [5, 5.41) is 7.58. The van der Waals surface area contributed by atoms with E-state index in [1.54, 1.807) is 0 Å². The lowest BCUT2D eigenvalue weighted by Crippen LogP contribution is -2.28. The van der Waals surface area contributed by atoms with Crippen LogP contribution in [0.15, 0.2) is 4.52 Å². The van der Waals surface area contributed by atoms with Gasteiger partial charge in [0.2, 0.25) is 5.89 Å². The van der Waals surface area contributed by atoms with Gasteiger partial charge in [0.15, 0.2) is 5.82 Å². The van der Waals surface area contributed by atoms with E-state index in [1.165, 1.54) is 51.4 Å². The van der Waals surface area contributed by atoms with E-state index < -0.39 is 0 Å². The molecule has 0 radical (unpaired) electrons. The van der Waals surface area contributed by atoms with Gasteiger partial charge in [0.25, 0.3) is 0 Å². The lowest BCUT2D eigenvalue weighted by molar-refractivity contribution is 0.312. The second-order valence-electron chi connectivity index (χ2n) is 6.13. The molecule has 1 aromatic heterocycles. The summed E-state index contributed by atoms with van der Waals surface area (Å²) in [6, 6.07) is 0. The van der Waals surface area contributed by atoms with Crippen molar-refractivity contribution < 1.29 is 4.52 Å². The number of hydrogen-bond donors (Lipinski definition) is 1. The first-order chi connectivity index (χ1) is 9.42. The van der Waals surface area contributed by atoms with Crippen molar-refractivity contribution in [3.8, 4) is 0 Å². The van der Waals surface area contributed by atoms with E-state index in [-0.39, 0.29) is 0 Å². The Labute approximate surface area is 115 Å². The van der Waals surface area contributed by atoms with Crippen molar-refractivity contribution in [2.24, 2.45) is 5.92 Å². The molecular weight excluding hydrogens is 238 g/mol. The van der Waals surface area contributed by atoms with Crippen molar-refractivity contribution in [3.63, 3.8) is 0 Å². The van der Waals surface area contributed by atoms with Crippen LogP contribution in [-0.2, 0) is 6.42 Å². The predicted molar refractivity (Wildman–Crippen MR) is 74.0 cm³/mol. The fourth-order valence-electron chi connectivity index (χ4n) is 3.41. The van der Waals surface area contributed by atoms with Gasteiger partial charge in [0.1, 0.15) is 0 Å². The molecule has 1 atom stereocenters. The van der Waals surface area contributed by atoms with E-state index in [0.717, 1.165) is 37.1 Å². The average Bonchev–Trinajstić information content (AvgIpc) is 2.96. The molecule has 1 N–H and O–H groups in total. The summed E-state index contributed by atoms with van der Waals surface area (Å²) in [5.41, 5.74) is 0. The van der Waals surface area contributed by atoms with Crippen molar-refractivity contribution >= 4 is 0 Å². The number of aromatic nitrogens is 2. The Morgan fingerprint density at radius 2 is 2.00 bits per heavy atom. The summed E-state index contributed by atoms with van der Waals surface area (Å²) in [5.74, 6) is 3.12. The molecule has 0 bridgehead atoms. The number of piperidine rings is 1. The second-order valence-corrected chi connectivity index (χ2v) is 6.13. The third-order valence-corrected chi connectivity index (χ3v) is 4.64. The van der Waals surface area contributed by atoms with Crippen molar-refractivity contribution in [1.29, 1.82) is 0 Å². The van der Waals surface area contributed by atoms with Gasteiger partial charge in [0, 0.05) is 18.9 Å². The molecule has 1 saturated carbocycles. The van der Waals surface area contributed by atoms with Gasteiger partial charge in [-0.1, -0.05) is 37.3 Å². The zero-order valence-electron chi connectivity index (χ0n) is 11.7. The molecule has 19 heavy (non-hydrogen) atoms. The SMILES string of the molecule is C1CCC(CCc2nc(C3CCCNC3)no2)CC1. The predicted octanol–water partition coefficient (Wildman–Crippen LogP) is 3.05. The van der Waals surface area contributed by atoms with Gasteiger partial charge in [-0.25, -0.2) is 0 Å². The highest BCUT2D eigenvalue weighted by Gasteiger charge is 2.21. The number of nitrogens with zero attached hydrogens (tertiary/aromatic N) is 2. The van der Waals surface area contributed by atoms with E-state index in [0.29, 0.717) is 5.92 Å². The maximum atomic E-state index is 5.42. The van der Waals surface area contributed by atoms with Gasteiger partial charge in [-0.05, 0) is 31.7 Å². The van der Waals surface area contributed by atoms with Crippen LogP contribution in [0.25, 0.3) is 0 Å². The summed E-state index contributed by atoms with van der Waals surface area (Å²) >= 11 is 0. The first-order valence-electron chi connectivity index (χ1n) is 7.95. The van der Waals surface area contributed by atoms with Gasteiger partial charge >= 0.3 is 0 Å². The van der Waals surface area contributed by atoms with Crippen LogP contribution in [-0.4, -0.2) is 23.2 Å². The minimum atomic E-state index is 0.459. The number of hydrogen-bond acceptors (Lipinski definition) is 4. The molecule has 3 rings (SSSR count). The van der Waals surface area contributed by atoms with Gasteiger partial charge in [-0.15, -0.1) is 0 Å². The standard InChI is InChI=1S/C15H25N3O/c1-2-5-12(6-3-1)8-9-14-17-15(18-19-14)13-7-4-10-16-11-13/h12-13,16H,1-11H2. The highest BCUT2D eigenvalue weighted by Crippen LogP contribution is 2.27. The monoisotopic (exact) mass is 263 g/mol. The van der Waals surface area contributed by atoms with E-state index >= 15 is 0 Å². The smallest absolute Gasteiger partial charge is 0.226 e. The fourth-order valence-corrected chi connectivity index (χ4v) is 3.41. The molecule has 4 heteroatoms. The summed E-state index contributed by atoms with van der Waals surface area (Å²) in [7, 11) is 0. The van der Waals surface area contributed by atoms with Crippen LogP contribution in [0.2, 0.25) is 0 Å². The normalized spacial score (nSPS) is 25.6. The number of aryl methyl sites for hydroxylation is 1. The highest BCUT2D eigenvalue weighted by molar-refractivity contribution is 4.98. The number of rotatable bonds is 4. The quantitative estimate of drug-likeness (QED) is 0.907. The first kappa shape index (κ1) is 13.1. The zero-order chi connectivity index (χ0) is 12.9. The Kier molecular flexibility index (Phi) is 4.49. The lowest BCUT2D eigenvalue weighted by atomic mass is 9.86. The molecule has 1 saturated heterocycles. The van der Waals surface area contributed by atoms with Gasteiger partial charge < -0.3 is 9.84 Å². The van der Waals surface area contributed by atoms with Gasteiger partial charge in [0.05, 0.1) is 0 Å². The molecule has 2 fully saturated rings. The third-order valence-electron chi connectivity index (χ3n) is 4.64. The molecule has 1 aliphatic heterocycles. The van der Waals surface area contributed by atoms with Crippen LogP contribution in [0.1, 0.15) is 69.0 Å². The van der Waals surface area contributed by atoms with Gasteiger partial charge in [-0.2, -0.15) is 4.98 Å². The topological polar surface area (TPSA) is 51.0 Å². The molecule has 1 unspecified atom stereocenters. The first-order valence-corrected chi connectivity index (χ1v) is 7.95. The molecule has 106 valence electrons. The Morgan fingerprint density at radius 3 is 2.79 bits per heavy atom. The molecule has 1 aromatic rings. The maximum Gasteiger partial charge on any atom is 0.226 e. The Hall–Kier alpha value is -0.900. The second kappa shape index (κ2) is 6.51. The van der Waals surface area contributed by atoms with Crippen molar-refractivity contribution in [3.05, 3.63) is 11.7 Å². The lowest BCUT2D eigenvalue weighted by Gasteiger charge is -2.20. The van der Waals surface area contributed by atoms with Crippen molar-refractivity contribution in [1.82, 2.24) is 15.5 Å². The summed E-state index contributed by atoms with van der Waals surface area (Å²) in [6.07, 6.45) is 11.6. The van der Waals surface area contributed by atoms with Gasteiger partial charge in [-0.3, -0.25) is 0 Å². The molecule has 0 aromatic carbocycles. The molecule has 4 nitrogen and oxygen atoms in total. The largest absolute Gasteiger partial charge is 0.339 e. The minimum absolute atomic E-state index is 0.459. The van der Waals surface area contributed by atoms with Crippen LogP contribution in [0.3, 0.4) is 0 Å². The molecule has 1 aliphatic carbocycles. The Balaban J connectivity index is 1.49. The maximum absolute atomic E-state index is 5.42. The van der Waals surface area contributed by atoms with Crippen LogP contribution in [0.5, 0.6) is 0 Å². The Morgan fingerprint density at radius 1 is 1.11 bits per heavy atom. The molecule has 0 amide bonds. The van der Waals surface area contributed by atoms with Crippen LogP contribution >= 0.6 is 0 Å². The van der Waals surface area contributed by atoms with E-state index in [4.69, 9.17) is 4.52 Å². The third kappa shape index (κ3) is 3.56. The van der Waals surface area contributed by atoms with Crippen LogP contribution in [0, 0.1) is 5.92 Å². The van der Waals surface area contributed by atoms with Crippen molar-refractivity contribution in [2.75, 3.05) is 13.1 Å². The average molecular weight is 263 g/mol. The highest BCUT2D eigenvalue weighted by atomic mass is 16.5. The summed E-state index contributed by atoms with van der Waals surface area (Å²) in [6.45, 7) is 2.13. The van der Waals surface area contributed by atoms with E-state index in [9.17, 15) is 0 Å². The Bertz CT molecular complexity index is 378. The zero-order valence-corrected chi connectivity index (χ0v) is 11.7. The number of nitrogens with one attached hydrogen (secondary N) is 1. The van der Waals surface area contributed by atoms with Crippen molar-refractivity contribution in [2.45, 2.75) is 63.7 Å². The summed E-state index contributed by atoms with van der Waals surface area (Å²) in [4.78, 5) is 4.60. The summed E-state index contributed by atoms with van der Waals surface area (Å²) < 4.78 is 5.42. The van der Waals surface area contributed by atoms with Crippen LogP contribution in [0.4, 0.5) is 0 Å². The van der Waals surface area contributed by atoms with E-state index in [1.807, 2.05) is 0 Å². The van der Waals surface area contributed by atoms with Crippen LogP contribution < -0.4 is 5.32 Å².